The lowest BCUT2D eigenvalue weighted by Crippen LogP contribution is -2.59. The Hall–Kier alpha value is -5.78. The molecule has 60 heavy (non-hydrogen) atoms. The zero-order chi connectivity index (χ0) is 41.2. The van der Waals surface area contributed by atoms with E-state index in [9.17, 15) is 0 Å². The number of nitrogens with zero attached hydrogens (tertiary/aromatic N) is 3. The van der Waals surface area contributed by atoms with Gasteiger partial charge >= 0.3 is 0 Å². The van der Waals surface area contributed by atoms with E-state index in [0.717, 1.165) is 16.7 Å². The van der Waals surface area contributed by atoms with Crippen LogP contribution in [0, 0.1) is 0 Å². The molecule has 0 aliphatic carbocycles. The van der Waals surface area contributed by atoms with Crippen LogP contribution in [-0.2, 0) is 16.2 Å². The zero-order valence-corrected chi connectivity index (χ0v) is 36.8. The molecule has 3 aromatic heterocycles. The second-order valence-electron chi connectivity index (χ2n) is 20.5. The molecular formula is C55H48BN3S. The zero-order valence-electron chi connectivity index (χ0n) is 36.0. The van der Waals surface area contributed by atoms with Crippen LogP contribution in [0.15, 0.2) is 137 Å². The van der Waals surface area contributed by atoms with Gasteiger partial charge < -0.3 is 4.57 Å². The fourth-order valence-corrected chi connectivity index (χ4v) is 11.6. The Bertz CT molecular complexity index is 3530. The smallest absolute Gasteiger partial charge is 0.249 e. The van der Waals surface area contributed by atoms with Gasteiger partial charge in [0.15, 0.2) is 0 Å². The number of para-hydroxylation sites is 3. The molecule has 0 spiro atoms. The van der Waals surface area contributed by atoms with E-state index >= 15 is 0 Å². The van der Waals surface area contributed by atoms with Crippen molar-refractivity contribution in [2.75, 3.05) is 0 Å². The maximum atomic E-state index is 5.28. The van der Waals surface area contributed by atoms with Crippen molar-refractivity contribution in [1.82, 2.24) is 14.0 Å². The average Bonchev–Trinajstić information content (AvgIpc) is 3.77. The summed E-state index contributed by atoms with van der Waals surface area (Å²) >= 11 is 1.95. The molecule has 5 heteroatoms. The van der Waals surface area contributed by atoms with E-state index in [4.69, 9.17) is 4.98 Å². The van der Waals surface area contributed by atoms with Gasteiger partial charge in [-0.3, -0.25) is 4.40 Å². The monoisotopic (exact) mass is 793 g/mol. The Morgan fingerprint density at radius 3 is 1.97 bits per heavy atom. The summed E-state index contributed by atoms with van der Waals surface area (Å²) in [5, 5.41) is 6.35. The second kappa shape index (κ2) is 11.9. The molecule has 7 aromatic carbocycles. The number of pyridine rings is 1. The summed E-state index contributed by atoms with van der Waals surface area (Å²) < 4.78 is 4.99. The fourth-order valence-electron chi connectivity index (χ4n) is 10.4. The summed E-state index contributed by atoms with van der Waals surface area (Å²) in [6.07, 6.45) is 0. The molecule has 0 amide bonds. The van der Waals surface area contributed by atoms with Crippen molar-refractivity contribution in [3.05, 3.63) is 144 Å². The van der Waals surface area contributed by atoms with Crippen LogP contribution in [0.1, 0.15) is 79.0 Å². The van der Waals surface area contributed by atoms with Crippen LogP contribution in [0.3, 0.4) is 0 Å². The van der Waals surface area contributed by atoms with Crippen molar-refractivity contribution < 1.29 is 0 Å². The molecule has 0 N–H and O–H groups in total. The third kappa shape index (κ3) is 4.96. The number of fused-ring (bicyclic) bond motifs is 15. The summed E-state index contributed by atoms with van der Waals surface area (Å²) in [6, 6.07) is 48.9. The van der Waals surface area contributed by atoms with E-state index in [2.05, 4.69) is 199 Å². The molecule has 5 heterocycles. The molecule has 3 nitrogen and oxygen atoms in total. The van der Waals surface area contributed by atoms with Gasteiger partial charge in [0, 0.05) is 47.9 Å². The van der Waals surface area contributed by atoms with Gasteiger partial charge in [0.25, 0.3) is 0 Å². The average molecular weight is 794 g/mol. The predicted octanol–water partition coefficient (Wildman–Crippen LogP) is 12.7. The molecule has 10 aromatic rings. The number of rotatable bonds is 1. The largest absolute Gasteiger partial charge is 0.310 e. The summed E-state index contributed by atoms with van der Waals surface area (Å²) in [4.78, 5) is 7.97. The van der Waals surface area contributed by atoms with Crippen molar-refractivity contribution in [1.29, 1.82) is 0 Å². The first-order chi connectivity index (χ1) is 28.6. The number of hydrogen-bond donors (Lipinski definition) is 0. The van der Waals surface area contributed by atoms with Gasteiger partial charge in [-0.2, -0.15) is 0 Å². The van der Waals surface area contributed by atoms with Crippen LogP contribution < -0.4 is 16.4 Å². The van der Waals surface area contributed by atoms with Crippen molar-refractivity contribution in [3.8, 4) is 16.8 Å². The minimum absolute atomic E-state index is 0.0174. The first-order valence-electron chi connectivity index (χ1n) is 21.5. The number of hydrogen-bond acceptors (Lipinski definition) is 2. The van der Waals surface area contributed by atoms with Gasteiger partial charge in [-0.1, -0.05) is 152 Å². The summed E-state index contributed by atoms with van der Waals surface area (Å²) in [7, 11) is 0. The van der Waals surface area contributed by atoms with Crippen LogP contribution in [0.5, 0.6) is 0 Å². The number of benzene rings is 7. The van der Waals surface area contributed by atoms with Gasteiger partial charge in [0.2, 0.25) is 6.71 Å². The SMILES string of the molecule is CC(C)(C)c1ccc2c(c1)B1c3c(cc(-c4cccc5c4c4ccccc4n4c6ccccc6nc54)cc3-n3c4ccc(C(C)(C)C)cc4c4cc(C(C)(C)C)cc1c43)S2. The van der Waals surface area contributed by atoms with Crippen LogP contribution >= 0.6 is 11.8 Å². The molecular weight excluding hydrogens is 746 g/mol. The van der Waals surface area contributed by atoms with Gasteiger partial charge in [-0.15, -0.1) is 0 Å². The van der Waals surface area contributed by atoms with E-state index < -0.39 is 0 Å². The minimum atomic E-state index is -0.0174. The van der Waals surface area contributed by atoms with Gasteiger partial charge in [-0.25, -0.2) is 4.98 Å². The standard InChI is InChI=1S/C55H48BN3S/c1-53(2,3)32-21-23-44-38(27-32)39-28-34(55(7,8)9)30-41-51(39)58(44)46-25-31(26-48-50(46)56(41)40-29-33(54(4,5)6)22-24-47(40)60-48)35-16-14-17-37-49(35)36-15-10-12-19-43(36)59-45-20-13-11-18-42(45)57-52(37)59/h10-30H,1-9H3. The first-order valence-corrected chi connectivity index (χ1v) is 22.3. The Morgan fingerprint density at radius 2 is 1.18 bits per heavy atom. The lowest BCUT2D eigenvalue weighted by atomic mass is 9.35. The quantitative estimate of drug-likeness (QED) is 0.122. The third-order valence-corrected chi connectivity index (χ3v) is 14.7. The van der Waals surface area contributed by atoms with Crippen molar-refractivity contribution >= 4 is 95.0 Å². The summed E-state index contributed by atoms with van der Waals surface area (Å²) in [5.41, 5.74) is 19.2. The van der Waals surface area contributed by atoms with E-state index in [1.54, 1.807) is 0 Å². The Kier molecular flexibility index (Phi) is 7.19. The lowest BCUT2D eigenvalue weighted by molar-refractivity contribution is 0.590. The molecule has 0 bridgehead atoms. The van der Waals surface area contributed by atoms with Gasteiger partial charge in [0.1, 0.15) is 5.65 Å². The first kappa shape index (κ1) is 36.1. The van der Waals surface area contributed by atoms with E-state index in [-0.39, 0.29) is 23.0 Å². The summed E-state index contributed by atoms with van der Waals surface area (Å²) in [5.74, 6) is 0. The highest BCUT2D eigenvalue weighted by atomic mass is 32.2. The number of imidazole rings is 1. The molecule has 2 aliphatic rings. The molecule has 2 aliphatic heterocycles. The van der Waals surface area contributed by atoms with Gasteiger partial charge in [0.05, 0.1) is 22.1 Å². The highest BCUT2D eigenvalue weighted by molar-refractivity contribution is 8.00. The Morgan fingerprint density at radius 1 is 0.517 bits per heavy atom. The van der Waals surface area contributed by atoms with Crippen LogP contribution in [0.2, 0.25) is 0 Å². The number of aromatic nitrogens is 3. The second-order valence-corrected chi connectivity index (χ2v) is 21.6. The van der Waals surface area contributed by atoms with Crippen LogP contribution in [-0.4, -0.2) is 20.7 Å². The molecule has 0 unspecified atom stereocenters. The lowest BCUT2D eigenvalue weighted by Gasteiger charge is -2.35. The van der Waals surface area contributed by atoms with Crippen LogP contribution in [0.4, 0.5) is 0 Å². The van der Waals surface area contributed by atoms with Crippen molar-refractivity contribution in [3.63, 3.8) is 0 Å². The van der Waals surface area contributed by atoms with Crippen molar-refractivity contribution in [2.24, 2.45) is 0 Å². The molecule has 292 valence electrons. The Balaban J connectivity index is 1.23. The topological polar surface area (TPSA) is 22.2 Å². The predicted molar refractivity (Wildman–Crippen MR) is 259 cm³/mol. The molecule has 0 saturated carbocycles. The maximum absolute atomic E-state index is 5.28. The molecule has 12 rings (SSSR count). The van der Waals surface area contributed by atoms with Gasteiger partial charge in [-0.05, 0) is 110 Å². The Labute approximate surface area is 356 Å². The molecule has 0 saturated heterocycles. The molecule has 0 atom stereocenters. The van der Waals surface area contributed by atoms with Crippen molar-refractivity contribution in [2.45, 2.75) is 88.3 Å². The van der Waals surface area contributed by atoms with E-state index in [1.807, 2.05) is 11.8 Å². The summed E-state index contributed by atoms with van der Waals surface area (Å²) in [6.45, 7) is 21.2. The maximum Gasteiger partial charge on any atom is 0.249 e. The van der Waals surface area contributed by atoms with Crippen LogP contribution in [0.25, 0.3) is 77.0 Å². The third-order valence-electron chi connectivity index (χ3n) is 13.6. The highest BCUT2D eigenvalue weighted by Crippen LogP contribution is 2.45. The minimum Gasteiger partial charge on any atom is -0.310 e. The molecule has 0 radical (unpaired) electrons. The van der Waals surface area contributed by atoms with E-state index in [1.165, 1.54) is 103 Å². The fraction of sp³-hybridized carbons (Fsp3) is 0.218. The highest BCUT2D eigenvalue weighted by Gasteiger charge is 2.41. The normalized spacial score (nSPS) is 14.0. The molecule has 0 fully saturated rings. The van der Waals surface area contributed by atoms with E-state index in [0.29, 0.717) is 0 Å².